The fourth-order valence-electron chi connectivity index (χ4n) is 2.26. The molecule has 1 fully saturated rings. The molecule has 0 spiro atoms. The van der Waals surface area contributed by atoms with Crippen molar-refractivity contribution in [2.24, 2.45) is 0 Å². The fourth-order valence-corrected chi connectivity index (χ4v) is 5.89. The molecule has 0 saturated carbocycles. The first-order chi connectivity index (χ1) is 8.74. The molecule has 1 heterocycles. The van der Waals surface area contributed by atoms with Crippen LogP contribution < -0.4 is 5.32 Å². The van der Waals surface area contributed by atoms with Crippen LogP contribution in [0.3, 0.4) is 0 Å². The summed E-state index contributed by atoms with van der Waals surface area (Å²) in [4.78, 5) is 0. The highest BCUT2D eigenvalue weighted by molar-refractivity contribution is 8.06. The van der Waals surface area contributed by atoms with E-state index in [0.717, 1.165) is 32.1 Å². The van der Waals surface area contributed by atoms with E-state index in [1.165, 1.54) is 4.31 Å². The summed E-state index contributed by atoms with van der Waals surface area (Å²) in [6.45, 7) is 3.52. The van der Waals surface area contributed by atoms with Crippen molar-refractivity contribution in [3.63, 3.8) is 0 Å². The van der Waals surface area contributed by atoms with Crippen molar-refractivity contribution < 1.29 is 16.8 Å². The number of sulfone groups is 1. The van der Waals surface area contributed by atoms with Gasteiger partial charge in [-0.25, -0.2) is 16.8 Å². The maximum atomic E-state index is 12.1. The van der Waals surface area contributed by atoms with Gasteiger partial charge in [-0.1, -0.05) is 13.3 Å². The summed E-state index contributed by atoms with van der Waals surface area (Å²) >= 11 is 0. The van der Waals surface area contributed by atoms with E-state index in [1.807, 2.05) is 6.92 Å². The highest BCUT2D eigenvalue weighted by Gasteiger charge is 2.28. The minimum absolute atomic E-state index is 0.134. The van der Waals surface area contributed by atoms with Gasteiger partial charge in [0.15, 0.2) is 14.9 Å². The summed E-state index contributed by atoms with van der Waals surface area (Å²) in [5.41, 5.74) is 0. The Bertz CT molecular complexity index is 467. The van der Waals surface area contributed by atoms with Gasteiger partial charge in [0.05, 0.1) is 0 Å². The van der Waals surface area contributed by atoms with Crippen molar-refractivity contribution in [2.75, 3.05) is 31.0 Å². The van der Waals surface area contributed by atoms with Crippen molar-refractivity contribution >= 4 is 19.9 Å². The summed E-state index contributed by atoms with van der Waals surface area (Å²) in [5, 5.41) is 2.49. The zero-order chi connectivity index (χ0) is 14.5. The molecule has 0 aliphatic carbocycles. The van der Waals surface area contributed by atoms with E-state index in [-0.39, 0.29) is 6.04 Å². The smallest absolute Gasteiger partial charge is 0.228 e. The zero-order valence-corrected chi connectivity index (χ0v) is 13.3. The third kappa shape index (κ3) is 6.20. The molecule has 0 aromatic carbocycles. The van der Waals surface area contributed by atoms with Crippen molar-refractivity contribution in [2.45, 2.75) is 38.6 Å². The van der Waals surface area contributed by atoms with Crippen LogP contribution in [0.1, 0.15) is 32.6 Å². The second-order valence-corrected chi connectivity index (χ2v) is 9.63. The van der Waals surface area contributed by atoms with Crippen molar-refractivity contribution in [1.29, 1.82) is 0 Å². The molecule has 0 aromatic heterocycles. The Morgan fingerprint density at radius 3 is 2.37 bits per heavy atom. The number of sulfonamides is 1. The molecule has 6 nitrogen and oxygen atoms in total. The second-order valence-electron chi connectivity index (χ2n) is 5.16. The molecule has 0 amide bonds. The number of hydrogen-bond donors (Lipinski definition) is 1. The molecule has 8 heteroatoms. The van der Waals surface area contributed by atoms with Gasteiger partial charge in [-0.05, 0) is 25.8 Å². The molecule has 1 aliphatic heterocycles. The van der Waals surface area contributed by atoms with Crippen molar-refractivity contribution in [3.8, 4) is 0 Å². The average molecular weight is 312 g/mol. The molecule has 1 unspecified atom stereocenters. The molecule has 1 N–H and O–H groups in total. The van der Waals surface area contributed by atoms with Gasteiger partial charge in [-0.2, -0.15) is 4.31 Å². The van der Waals surface area contributed by atoms with Gasteiger partial charge in [0.1, 0.15) is 0 Å². The van der Waals surface area contributed by atoms with Crippen LogP contribution in [0.2, 0.25) is 0 Å². The van der Waals surface area contributed by atoms with Gasteiger partial charge in [0.25, 0.3) is 0 Å². The topological polar surface area (TPSA) is 83.6 Å². The van der Waals surface area contributed by atoms with Crippen LogP contribution in [0.25, 0.3) is 0 Å². The molecule has 0 aromatic rings. The van der Waals surface area contributed by atoms with Gasteiger partial charge in [0, 0.05) is 25.4 Å². The zero-order valence-electron chi connectivity index (χ0n) is 11.6. The summed E-state index contributed by atoms with van der Waals surface area (Å²) in [5.74, 6) is 0. The Morgan fingerprint density at radius 1 is 1.21 bits per heavy atom. The molecule has 19 heavy (non-hydrogen) atoms. The monoisotopic (exact) mass is 312 g/mol. The van der Waals surface area contributed by atoms with E-state index in [2.05, 4.69) is 5.32 Å². The summed E-state index contributed by atoms with van der Waals surface area (Å²) in [6.07, 6.45) is 4.77. The van der Waals surface area contributed by atoms with E-state index in [0.29, 0.717) is 19.5 Å². The van der Waals surface area contributed by atoms with Crippen molar-refractivity contribution in [3.05, 3.63) is 0 Å². The fraction of sp³-hybridized carbons (Fsp3) is 1.00. The minimum Gasteiger partial charge on any atom is -0.313 e. The lowest BCUT2D eigenvalue weighted by Crippen LogP contribution is -2.47. The Balaban J connectivity index is 2.74. The van der Waals surface area contributed by atoms with Crippen LogP contribution in [-0.2, 0) is 19.9 Å². The van der Waals surface area contributed by atoms with Crippen LogP contribution >= 0.6 is 0 Å². The van der Waals surface area contributed by atoms with E-state index in [4.69, 9.17) is 0 Å². The van der Waals surface area contributed by atoms with Crippen LogP contribution in [0.15, 0.2) is 0 Å². The van der Waals surface area contributed by atoms with E-state index < -0.39 is 24.9 Å². The van der Waals surface area contributed by atoms with Gasteiger partial charge in [0.2, 0.25) is 10.0 Å². The van der Waals surface area contributed by atoms with Crippen LogP contribution in [0, 0.1) is 0 Å². The Labute approximate surface area is 116 Å². The number of hydrogen-bond acceptors (Lipinski definition) is 5. The summed E-state index contributed by atoms with van der Waals surface area (Å²) in [7, 11) is -7.27. The quantitative estimate of drug-likeness (QED) is 0.724. The summed E-state index contributed by atoms with van der Waals surface area (Å²) < 4.78 is 48.0. The van der Waals surface area contributed by atoms with Gasteiger partial charge < -0.3 is 5.32 Å². The standard InChI is InChI=1S/C11H24N2O4S2/c1-3-8-13(9-11-6-4-5-7-12-11)19(16,17)10-18(2,14)15/h11-12H,3-10H2,1-2H3. The second kappa shape index (κ2) is 7.01. The highest BCUT2D eigenvalue weighted by Crippen LogP contribution is 2.12. The lowest BCUT2D eigenvalue weighted by atomic mass is 10.1. The van der Waals surface area contributed by atoms with Gasteiger partial charge in [-0.3, -0.25) is 0 Å². The Morgan fingerprint density at radius 2 is 1.89 bits per heavy atom. The largest absolute Gasteiger partial charge is 0.313 e. The minimum atomic E-state index is -3.74. The van der Waals surface area contributed by atoms with Crippen LogP contribution in [0.5, 0.6) is 0 Å². The molecule has 1 rings (SSSR count). The van der Waals surface area contributed by atoms with E-state index >= 15 is 0 Å². The maximum absolute atomic E-state index is 12.1. The molecular formula is C11H24N2O4S2. The van der Waals surface area contributed by atoms with E-state index in [9.17, 15) is 16.8 Å². The first-order valence-electron chi connectivity index (χ1n) is 6.63. The first-order valence-corrected chi connectivity index (χ1v) is 10.3. The molecule has 114 valence electrons. The molecule has 1 aliphatic rings. The lowest BCUT2D eigenvalue weighted by Gasteiger charge is -2.29. The lowest BCUT2D eigenvalue weighted by molar-refractivity contribution is 0.313. The normalized spacial score (nSPS) is 21.7. The average Bonchev–Trinajstić information content (AvgIpc) is 2.26. The van der Waals surface area contributed by atoms with Crippen LogP contribution in [0.4, 0.5) is 0 Å². The number of nitrogens with one attached hydrogen (secondary N) is 1. The third-order valence-electron chi connectivity index (χ3n) is 3.07. The first kappa shape index (κ1) is 16.9. The van der Waals surface area contributed by atoms with Crippen LogP contribution in [-0.4, -0.2) is 58.2 Å². The molecule has 0 bridgehead atoms. The van der Waals surface area contributed by atoms with Gasteiger partial charge >= 0.3 is 0 Å². The van der Waals surface area contributed by atoms with Crippen molar-refractivity contribution in [1.82, 2.24) is 9.62 Å². The molecule has 1 saturated heterocycles. The molecular weight excluding hydrogens is 288 g/mol. The number of piperidine rings is 1. The summed E-state index contributed by atoms with van der Waals surface area (Å²) in [6, 6.07) is 0.134. The number of rotatable bonds is 7. The third-order valence-corrected chi connectivity index (χ3v) is 7.09. The predicted octanol–water partition coefficient (Wildman–Crippen LogP) is 0.172. The highest BCUT2D eigenvalue weighted by atomic mass is 32.3. The Hall–Kier alpha value is -0.180. The maximum Gasteiger partial charge on any atom is 0.228 e. The number of nitrogens with zero attached hydrogens (tertiary/aromatic N) is 1. The van der Waals surface area contributed by atoms with Gasteiger partial charge in [-0.15, -0.1) is 0 Å². The molecule has 0 radical (unpaired) electrons. The predicted molar refractivity (Wildman–Crippen MR) is 76.1 cm³/mol. The SMILES string of the molecule is CCCN(CC1CCCCN1)S(=O)(=O)CS(C)(=O)=O. The van der Waals surface area contributed by atoms with E-state index in [1.54, 1.807) is 0 Å². The Kier molecular flexibility index (Phi) is 6.22. The molecule has 1 atom stereocenters.